The molecule has 48 heavy (non-hydrogen) atoms. The molecule has 0 atom stereocenters. The third-order valence-corrected chi connectivity index (χ3v) is 8.56. The second kappa shape index (κ2) is 36.1. The highest BCUT2D eigenvalue weighted by Gasteiger charge is 2.14. The quantitative estimate of drug-likeness (QED) is 0.0286. The molecule has 0 aromatic rings. The zero-order valence-electron chi connectivity index (χ0n) is 31.8. The Balaban J connectivity index is 4.05. The van der Waals surface area contributed by atoms with Crippen molar-refractivity contribution in [3.05, 3.63) is 24.3 Å². The lowest BCUT2D eigenvalue weighted by Crippen LogP contribution is -2.20. The van der Waals surface area contributed by atoms with Gasteiger partial charge in [0.1, 0.15) is 19.3 Å². The van der Waals surface area contributed by atoms with Gasteiger partial charge in [-0.15, -0.1) is 0 Å². The lowest BCUT2D eigenvalue weighted by Gasteiger charge is -2.18. The zero-order chi connectivity index (χ0) is 35.3. The SMILES string of the molecule is CCCCC=CCOC(=O)CCCCCCCCCC(CCCCCCCCCC(=O)OCC=CCCCC)OC(=O)CCCN(C)C. The fourth-order valence-electron chi connectivity index (χ4n) is 5.54. The highest BCUT2D eigenvalue weighted by molar-refractivity contribution is 5.70. The summed E-state index contributed by atoms with van der Waals surface area (Å²) in [7, 11) is 4.06. The Morgan fingerprint density at radius 1 is 0.500 bits per heavy atom. The molecule has 0 heterocycles. The average Bonchev–Trinajstić information content (AvgIpc) is 3.05. The van der Waals surface area contributed by atoms with E-state index in [1.807, 2.05) is 26.2 Å². The summed E-state index contributed by atoms with van der Waals surface area (Å²) in [6.45, 7) is 6.04. The number of nitrogens with zero attached hydrogens (tertiary/aromatic N) is 1. The van der Waals surface area contributed by atoms with Crippen molar-refractivity contribution in [1.29, 1.82) is 0 Å². The highest BCUT2D eigenvalue weighted by Crippen LogP contribution is 2.18. The third-order valence-electron chi connectivity index (χ3n) is 8.56. The van der Waals surface area contributed by atoms with E-state index in [9.17, 15) is 14.4 Å². The minimum atomic E-state index is -0.0896. The van der Waals surface area contributed by atoms with Crippen LogP contribution in [0.25, 0.3) is 0 Å². The molecule has 0 radical (unpaired) electrons. The maximum Gasteiger partial charge on any atom is 0.306 e. The minimum absolute atomic E-state index is 0.0249. The Bertz CT molecular complexity index is 757. The van der Waals surface area contributed by atoms with Crippen LogP contribution in [0.15, 0.2) is 24.3 Å². The third kappa shape index (κ3) is 35.2. The van der Waals surface area contributed by atoms with Crippen LogP contribution < -0.4 is 0 Å². The van der Waals surface area contributed by atoms with E-state index in [1.54, 1.807) is 0 Å². The smallest absolute Gasteiger partial charge is 0.306 e. The molecule has 0 amide bonds. The molecular weight excluding hydrogens is 602 g/mol. The first-order valence-electron chi connectivity index (χ1n) is 19.8. The number of allylic oxidation sites excluding steroid dienone is 2. The number of carbonyl (C=O) groups is 3. The van der Waals surface area contributed by atoms with Crippen molar-refractivity contribution >= 4 is 17.9 Å². The van der Waals surface area contributed by atoms with Crippen LogP contribution in [-0.4, -0.2) is 62.8 Å². The van der Waals surface area contributed by atoms with Gasteiger partial charge in [-0.3, -0.25) is 14.4 Å². The minimum Gasteiger partial charge on any atom is -0.462 e. The summed E-state index contributed by atoms with van der Waals surface area (Å²) in [5.41, 5.74) is 0. The molecule has 7 nitrogen and oxygen atoms in total. The summed E-state index contributed by atoms with van der Waals surface area (Å²) in [6.07, 6.45) is 34.6. The van der Waals surface area contributed by atoms with Crippen molar-refractivity contribution in [3.8, 4) is 0 Å². The number of esters is 3. The number of hydrogen-bond acceptors (Lipinski definition) is 7. The Morgan fingerprint density at radius 3 is 1.31 bits per heavy atom. The fraction of sp³-hybridized carbons (Fsp3) is 0.829. The summed E-state index contributed by atoms with van der Waals surface area (Å²) < 4.78 is 16.5. The molecule has 0 aliphatic rings. The molecule has 0 aromatic carbocycles. The monoisotopic (exact) mass is 678 g/mol. The molecule has 0 N–H and O–H groups in total. The maximum absolute atomic E-state index is 12.5. The van der Waals surface area contributed by atoms with Crippen molar-refractivity contribution in [2.75, 3.05) is 33.9 Å². The van der Waals surface area contributed by atoms with Crippen LogP contribution in [0.2, 0.25) is 0 Å². The predicted molar refractivity (Wildman–Crippen MR) is 200 cm³/mol. The van der Waals surface area contributed by atoms with Gasteiger partial charge in [0.05, 0.1) is 0 Å². The Hall–Kier alpha value is -2.15. The molecule has 0 rings (SSSR count). The van der Waals surface area contributed by atoms with E-state index in [1.165, 1.54) is 51.4 Å². The van der Waals surface area contributed by atoms with Crippen LogP contribution in [0.4, 0.5) is 0 Å². The number of ether oxygens (including phenoxy) is 3. The van der Waals surface area contributed by atoms with E-state index in [0.717, 1.165) is 103 Å². The number of carbonyl (C=O) groups excluding carboxylic acids is 3. The first kappa shape index (κ1) is 45.9. The molecular formula is C41H75NO6. The topological polar surface area (TPSA) is 82.1 Å². The van der Waals surface area contributed by atoms with Gasteiger partial charge >= 0.3 is 17.9 Å². The number of unbranched alkanes of at least 4 members (excludes halogenated alkanes) is 16. The molecule has 0 saturated carbocycles. The highest BCUT2D eigenvalue weighted by atomic mass is 16.5. The average molecular weight is 678 g/mol. The first-order valence-corrected chi connectivity index (χ1v) is 19.8. The first-order chi connectivity index (χ1) is 23.4. The number of rotatable bonds is 35. The van der Waals surface area contributed by atoms with E-state index >= 15 is 0 Å². The Morgan fingerprint density at radius 2 is 0.896 bits per heavy atom. The normalized spacial score (nSPS) is 12.3. The van der Waals surface area contributed by atoms with E-state index < -0.39 is 0 Å². The lowest BCUT2D eigenvalue weighted by molar-refractivity contribution is -0.150. The van der Waals surface area contributed by atoms with Crippen LogP contribution in [0.1, 0.15) is 181 Å². The van der Waals surface area contributed by atoms with E-state index in [0.29, 0.717) is 32.5 Å². The maximum atomic E-state index is 12.5. The van der Waals surface area contributed by atoms with Gasteiger partial charge in [0, 0.05) is 19.3 Å². The molecule has 0 unspecified atom stereocenters. The predicted octanol–water partition coefficient (Wildman–Crippen LogP) is 10.8. The van der Waals surface area contributed by atoms with Crippen LogP contribution in [0.5, 0.6) is 0 Å². The Kier molecular flexibility index (Phi) is 34.5. The lowest BCUT2D eigenvalue weighted by atomic mass is 10.0. The summed E-state index contributed by atoms with van der Waals surface area (Å²) in [5.74, 6) is -0.236. The van der Waals surface area contributed by atoms with Crippen LogP contribution >= 0.6 is 0 Å². The van der Waals surface area contributed by atoms with E-state index in [2.05, 4.69) is 30.9 Å². The van der Waals surface area contributed by atoms with Gasteiger partial charge in [-0.25, -0.2) is 0 Å². The summed E-state index contributed by atoms with van der Waals surface area (Å²) in [6, 6.07) is 0. The molecule has 0 fully saturated rings. The van der Waals surface area contributed by atoms with Gasteiger partial charge in [0.2, 0.25) is 0 Å². The second-order valence-electron chi connectivity index (χ2n) is 13.6. The van der Waals surface area contributed by atoms with Crippen molar-refractivity contribution in [3.63, 3.8) is 0 Å². The molecule has 0 aromatic heterocycles. The van der Waals surface area contributed by atoms with Crippen LogP contribution in [0, 0.1) is 0 Å². The van der Waals surface area contributed by atoms with Gasteiger partial charge in [-0.2, -0.15) is 0 Å². The van der Waals surface area contributed by atoms with Crippen molar-refractivity contribution in [2.24, 2.45) is 0 Å². The fourth-order valence-corrected chi connectivity index (χ4v) is 5.54. The summed E-state index contributed by atoms with van der Waals surface area (Å²) >= 11 is 0. The summed E-state index contributed by atoms with van der Waals surface area (Å²) in [4.78, 5) is 38.3. The summed E-state index contributed by atoms with van der Waals surface area (Å²) in [5, 5.41) is 0. The molecule has 0 saturated heterocycles. The van der Waals surface area contributed by atoms with Gasteiger partial charge < -0.3 is 19.1 Å². The van der Waals surface area contributed by atoms with Crippen molar-refractivity contribution in [1.82, 2.24) is 4.90 Å². The molecule has 0 aliphatic heterocycles. The van der Waals surface area contributed by atoms with Gasteiger partial charge in [-0.05, 0) is 78.4 Å². The largest absolute Gasteiger partial charge is 0.462 e. The number of hydrogen-bond donors (Lipinski definition) is 0. The zero-order valence-corrected chi connectivity index (χ0v) is 31.8. The molecule has 280 valence electrons. The standard InChI is InChI=1S/C41H75NO6/c1-5-7-9-21-27-36-46-39(43)32-25-19-15-11-13-17-23-30-38(48-41(45)34-29-35-42(3)4)31-24-18-14-12-16-20-26-33-40(44)47-37-28-22-10-8-6-2/h21-22,27-28,38H,5-20,23-26,29-37H2,1-4H3. The Labute approximate surface area is 296 Å². The molecule has 7 heteroatoms. The molecule has 0 aliphatic carbocycles. The van der Waals surface area contributed by atoms with Crippen molar-refractivity contribution < 1.29 is 28.6 Å². The van der Waals surface area contributed by atoms with Gasteiger partial charge in [0.15, 0.2) is 0 Å². The van der Waals surface area contributed by atoms with E-state index in [4.69, 9.17) is 14.2 Å². The van der Waals surface area contributed by atoms with Crippen LogP contribution in [-0.2, 0) is 28.6 Å². The molecule has 0 bridgehead atoms. The van der Waals surface area contributed by atoms with Crippen molar-refractivity contribution in [2.45, 2.75) is 187 Å². The van der Waals surface area contributed by atoms with E-state index in [-0.39, 0.29) is 24.0 Å². The molecule has 0 spiro atoms. The van der Waals surface area contributed by atoms with Gasteiger partial charge in [-0.1, -0.05) is 128 Å². The van der Waals surface area contributed by atoms with Gasteiger partial charge in [0.25, 0.3) is 0 Å². The second-order valence-corrected chi connectivity index (χ2v) is 13.6. The van der Waals surface area contributed by atoms with Crippen LogP contribution in [0.3, 0.4) is 0 Å².